The number of aromatic nitrogens is 4. The lowest BCUT2D eigenvalue weighted by molar-refractivity contribution is 0.179. The molecule has 1 unspecified atom stereocenters. The first kappa shape index (κ1) is 15.7. The number of hydrogen-bond donors (Lipinski definition) is 1. The molecule has 7 heteroatoms. The van der Waals surface area contributed by atoms with Crippen molar-refractivity contribution in [1.29, 1.82) is 0 Å². The summed E-state index contributed by atoms with van der Waals surface area (Å²) < 4.78 is 12.2. The summed E-state index contributed by atoms with van der Waals surface area (Å²) in [6.07, 6.45) is 4.18. The third-order valence-corrected chi connectivity index (χ3v) is 2.96. The van der Waals surface area contributed by atoms with Crippen LogP contribution in [-0.2, 0) is 23.1 Å². The van der Waals surface area contributed by atoms with Crippen LogP contribution in [0.4, 0.5) is 0 Å². The highest BCUT2D eigenvalue weighted by Crippen LogP contribution is 2.21. The van der Waals surface area contributed by atoms with Crippen LogP contribution in [0, 0.1) is 0 Å². The molecule has 0 saturated heterocycles. The maximum Gasteiger partial charge on any atom is 0.199 e. The summed E-state index contributed by atoms with van der Waals surface area (Å²) in [5.41, 5.74) is 7.48. The molecule has 21 heavy (non-hydrogen) atoms. The Balaban J connectivity index is 1.98. The van der Waals surface area contributed by atoms with Crippen molar-refractivity contribution in [3.05, 3.63) is 29.7 Å². The van der Waals surface area contributed by atoms with Crippen LogP contribution in [0.3, 0.4) is 0 Å². The van der Waals surface area contributed by atoms with Gasteiger partial charge in [0.1, 0.15) is 12.0 Å². The molecule has 0 amide bonds. The Morgan fingerprint density at radius 3 is 2.76 bits per heavy atom. The summed E-state index contributed by atoms with van der Waals surface area (Å²) in [7, 11) is 1.63. The van der Waals surface area contributed by atoms with E-state index >= 15 is 0 Å². The van der Waals surface area contributed by atoms with Crippen molar-refractivity contribution < 1.29 is 9.15 Å². The van der Waals surface area contributed by atoms with Crippen molar-refractivity contribution in [1.82, 2.24) is 20.0 Å². The standard InChI is InChI=1S/C14H23N5O2/c1-14(2,3)13-16-12(9-21-13)7-19-6-11(17-18-19)5-10(15)8-20-4/h6,9-10H,5,7-8,15H2,1-4H3. The molecular weight excluding hydrogens is 270 g/mol. The van der Waals surface area contributed by atoms with E-state index in [-0.39, 0.29) is 11.5 Å². The zero-order chi connectivity index (χ0) is 15.5. The van der Waals surface area contributed by atoms with Gasteiger partial charge in [-0.3, -0.25) is 0 Å². The molecular formula is C14H23N5O2. The molecule has 0 fully saturated rings. The van der Waals surface area contributed by atoms with Crippen molar-refractivity contribution in [2.75, 3.05) is 13.7 Å². The SMILES string of the molecule is COCC(N)Cc1cn(Cc2coc(C(C)(C)C)n2)nn1. The van der Waals surface area contributed by atoms with Crippen molar-refractivity contribution in [3.63, 3.8) is 0 Å². The molecule has 2 rings (SSSR count). The minimum absolute atomic E-state index is 0.0697. The quantitative estimate of drug-likeness (QED) is 0.858. The predicted octanol–water partition coefficient (Wildman–Crippen LogP) is 1.13. The van der Waals surface area contributed by atoms with Crippen molar-refractivity contribution in [2.24, 2.45) is 5.73 Å². The Kier molecular flexibility index (Phi) is 4.74. The molecule has 0 radical (unpaired) electrons. The van der Waals surface area contributed by atoms with Crippen LogP contribution in [0.2, 0.25) is 0 Å². The summed E-state index contributed by atoms with van der Waals surface area (Å²) >= 11 is 0. The fraction of sp³-hybridized carbons (Fsp3) is 0.643. The second kappa shape index (κ2) is 6.36. The second-order valence-electron chi connectivity index (χ2n) is 6.22. The Bertz CT molecular complexity index is 570. The number of ether oxygens (including phenoxy) is 1. The van der Waals surface area contributed by atoms with Gasteiger partial charge in [0, 0.05) is 31.2 Å². The van der Waals surface area contributed by atoms with Crippen LogP contribution < -0.4 is 5.73 Å². The third kappa shape index (κ3) is 4.37. The van der Waals surface area contributed by atoms with Crippen LogP contribution >= 0.6 is 0 Å². The van der Waals surface area contributed by atoms with Crippen LogP contribution in [0.15, 0.2) is 16.9 Å². The fourth-order valence-electron chi connectivity index (χ4n) is 1.94. The monoisotopic (exact) mass is 293 g/mol. The van der Waals surface area contributed by atoms with E-state index in [1.807, 2.05) is 6.20 Å². The van der Waals surface area contributed by atoms with Gasteiger partial charge in [0.25, 0.3) is 0 Å². The molecule has 0 aliphatic rings. The third-order valence-electron chi connectivity index (χ3n) is 2.96. The number of nitrogens with two attached hydrogens (primary N) is 1. The summed E-state index contributed by atoms with van der Waals surface area (Å²) in [6, 6.07) is -0.0697. The van der Waals surface area contributed by atoms with E-state index in [9.17, 15) is 0 Å². The lowest BCUT2D eigenvalue weighted by Crippen LogP contribution is -2.28. The van der Waals surface area contributed by atoms with E-state index in [0.29, 0.717) is 19.6 Å². The van der Waals surface area contributed by atoms with E-state index in [1.165, 1.54) is 0 Å². The molecule has 0 spiro atoms. The molecule has 0 bridgehead atoms. The number of nitrogens with zero attached hydrogens (tertiary/aromatic N) is 4. The first-order chi connectivity index (χ1) is 9.88. The summed E-state index contributed by atoms with van der Waals surface area (Å²) in [5.74, 6) is 0.722. The molecule has 7 nitrogen and oxygen atoms in total. The molecule has 1 atom stereocenters. The van der Waals surface area contributed by atoms with Crippen LogP contribution in [-0.4, -0.2) is 39.7 Å². The summed E-state index contributed by atoms with van der Waals surface area (Å²) in [4.78, 5) is 4.48. The summed E-state index contributed by atoms with van der Waals surface area (Å²) in [6.45, 7) is 7.23. The normalized spacial score (nSPS) is 13.6. The van der Waals surface area contributed by atoms with Gasteiger partial charge in [-0.15, -0.1) is 5.10 Å². The van der Waals surface area contributed by atoms with Gasteiger partial charge in [-0.25, -0.2) is 9.67 Å². The second-order valence-corrected chi connectivity index (χ2v) is 6.22. The van der Waals surface area contributed by atoms with Gasteiger partial charge in [-0.1, -0.05) is 26.0 Å². The minimum Gasteiger partial charge on any atom is -0.448 e. The Morgan fingerprint density at radius 1 is 1.38 bits per heavy atom. The average Bonchev–Trinajstić information content (AvgIpc) is 2.99. The van der Waals surface area contributed by atoms with E-state index in [1.54, 1.807) is 18.1 Å². The Hall–Kier alpha value is -1.73. The maximum absolute atomic E-state index is 5.90. The minimum atomic E-state index is -0.0985. The van der Waals surface area contributed by atoms with Gasteiger partial charge in [0.05, 0.1) is 18.8 Å². The van der Waals surface area contributed by atoms with Crippen LogP contribution in [0.25, 0.3) is 0 Å². The van der Waals surface area contributed by atoms with E-state index in [0.717, 1.165) is 17.3 Å². The van der Waals surface area contributed by atoms with E-state index in [4.69, 9.17) is 14.9 Å². The number of rotatable bonds is 6. The summed E-state index contributed by atoms with van der Waals surface area (Å²) in [5, 5.41) is 8.19. The molecule has 2 N–H and O–H groups in total. The lowest BCUT2D eigenvalue weighted by atomic mass is 9.97. The van der Waals surface area contributed by atoms with Gasteiger partial charge in [-0.05, 0) is 0 Å². The van der Waals surface area contributed by atoms with E-state index in [2.05, 4.69) is 36.1 Å². The molecule has 0 saturated carbocycles. The van der Waals surface area contributed by atoms with Gasteiger partial charge in [0.15, 0.2) is 5.89 Å². The predicted molar refractivity (Wildman–Crippen MR) is 77.9 cm³/mol. The van der Waals surface area contributed by atoms with Crippen LogP contribution in [0.1, 0.15) is 38.0 Å². The smallest absolute Gasteiger partial charge is 0.199 e. The highest BCUT2D eigenvalue weighted by molar-refractivity contribution is 5.05. The molecule has 116 valence electrons. The number of hydrogen-bond acceptors (Lipinski definition) is 6. The molecule has 0 aliphatic heterocycles. The van der Waals surface area contributed by atoms with Gasteiger partial charge >= 0.3 is 0 Å². The Morgan fingerprint density at radius 2 is 2.14 bits per heavy atom. The van der Waals surface area contributed by atoms with Crippen molar-refractivity contribution >= 4 is 0 Å². The molecule has 2 aromatic rings. The number of oxazole rings is 1. The Labute approximate surface area is 124 Å². The maximum atomic E-state index is 5.90. The molecule has 2 aromatic heterocycles. The van der Waals surface area contributed by atoms with Crippen LogP contribution in [0.5, 0.6) is 0 Å². The molecule has 2 heterocycles. The first-order valence-corrected chi connectivity index (χ1v) is 6.97. The zero-order valence-corrected chi connectivity index (χ0v) is 13.0. The zero-order valence-electron chi connectivity index (χ0n) is 13.0. The topological polar surface area (TPSA) is 92.0 Å². The highest BCUT2D eigenvalue weighted by atomic mass is 16.5. The van der Waals surface area contributed by atoms with Crippen molar-refractivity contribution in [3.8, 4) is 0 Å². The molecule has 0 aliphatic carbocycles. The number of methoxy groups -OCH3 is 1. The fourth-order valence-corrected chi connectivity index (χ4v) is 1.94. The van der Waals surface area contributed by atoms with Gasteiger partial charge < -0.3 is 14.9 Å². The highest BCUT2D eigenvalue weighted by Gasteiger charge is 2.20. The first-order valence-electron chi connectivity index (χ1n) is 6.97. The van der Waals surface area contributed by atoms with E-state index < -0.39 is 0 Å². The largest absolute Gasteiger partial charge is 0.448 e. The van der Waals surface area contributed by atoms with Gasteiger partial charge in [-0.2, -0.15) is 0 Å². The van der Waals surface area contributed by atoms with Crippen molar-refractivity contribution in [2.45, 2.75) is 45.2 Å². The van der Waals surface area contributed by atoms with Gasteiger partial charge in [0.2, 0.25) is 0 Å². The average molecular weight is 293 g/mol. The lowest BCUT2D eigenvalue weighted by Gasteiger charge is -2.11. The molecule has 0 aromatic carbocycles.